The second-order valence-electron chi connectivity index (χ2n) is 6.03. The third-order valence-electron chi connectivity index (χ3n) is 4.15. The standard InChI is InChI=1S/C20H21N3O3/c1-14-20(25)23(13-15-6-4-3-5-7-15)18-9-8-16(12-17(18)22-14)19(24)21-10-11-26-2/h3-9,12H,10-11,13H2,1-2H3,(H,21,24). The van der Waals surface area contributed by atoms with E-state index in [9.17, 15) is 9.59 Å². The van der Waals surface area contributed by atoms with E-state index in [1.54, 1.807) is 36.8 Å². The maximum atomic E-state index is 12.6. The first-order valence-electron chi connectivity index (χ1n) is 8.42. The number of amides is 1. The summed E-state index contributed by atoms with van der Waals surface area (Å²) >= 11 is 0. The van der Waals surface area contributed by atoms with Crippen LogP contribution in [0.15, 0.2) is 53.3 Å². The number of methoxy groups -OCH3 is 1. The fourth-order valence-corrected chi connectivity index (χ4v) is 2.81. The number of rotatable bonds is 6. The molecule has 0 aliphatic heterocycles. The molecule has 0 saturated carbocycles. The molecule has 0 aliphatic carbocycles. The lowest BCUT2D eigenvalue weighted by atomic mass is 10.1. The lowest BCUT2D eigenvalue weighted by molar-refractivity contribution is 0.0937. The summed E-state index contributed by atoms with van der Waals surface area (Å²) in [6, 6.07) is 15.0. The van der Waals surface area contributed by atoms with E-state index < -0.39 is 0 Å². The lowest BCUT2D eigenvalue weighted by Gasteiger charge is -2.12. The van der Waals surface area contributed by atoms with Crippen molar-refractivity contribution in [1.29, 1.82) is 0 Å². The molecule has 6 heteroatoms. The normalized spacial score (nSPS) is 10.8. The summed E-state index contributed by atoms with van der Waals surface area (Å²) in [5, 5.41) is 2.78. The fraction of sp³-hybridized carbons (Fsp3) is 0.250. The van der Waals surface area contributed by atoms with Crippen molar-refractivity contribution in [2.24, 2.45) is 0 Å². The number of fused-ring (bicyclic) bond motifs is 1. The third kappa shape index (κ3) is 3.81. The van der Waals surface area contributed by atoms with E-state index in [1.807, 2.05) is 30.3 Å². The van der Waals surface area contributed by atoms with Gasteiger partial charge in [0.25, 0.3) is 11.5 Å². The maximum absolute atomic E-state index is 12.6. The number of nitrogens with one attached hydrogen (secondary N) is 1. The fourth-order valence-electron chi connectivity index (χ4n) is 2.81. The quantitative estimate of drug-likeness (QED) is 0.691. The molecule has 0 bridgehead atoms. The van der Waals surface area contributed by atoms with Crippen molar-refractivity contribution >= 4 is 16.9 Å². The zero-order valence-electron chi connectivity index (χ0n) is 14.9. The van der Waals surface area contributed by atoms with E-state index in [1.165, 1.54) is 0 Å². The van der Waals surface area contributed by atoms with Gasteiger partial charge in [0, 0.05) is 19.2 Å². The minimum atomic E-state index is -0.191. The Bertz CT molecular complexity index is 981. The molecule has 3 aromatic rings. The van der Waals surface area contributed by atoms with Gasteiger partial charge in [0.2, 0.25) is 0 Å². The topological polar surface area (TPSA) is 73.2 Å². The summed E-state index contributed by atoms with van der Waals surface area (Å²) in [6.07, 6.45) is 0. The molecule has 1 amide bonds. The van der Waals surface area contributed by atoms with E-state index >= 15 is 0 Å². The van der Waals surface area contributed by atoms with Crippen molar-refractivity contribution < 1.29 is 9.53 Å². The SMILES string of the molecule is COCCNC(=O)c1ccc2c(c1)nc(C)c(=O)n2Cc1ccccc1. The van der Waals surface area contributed by atoms with Gasteiger partial charge in [-0.3, -0.25) is 9.59 Å². The van der Waals surface area contributed by atoms with Crippen LogP contribution in [-0.4, -0.2) is 35.7 Å². The number of hydrogen-bond acceptors (Lipinski definition) is 4. The number of ether oxygens (including phenoxy) is 1. The van der Waals surface area contributed by atoms with Gasteiger partial charge < -0.3 is 14.6 Å². The molecular formula is C20H21N3O3. The van der Waals surface area contributed by atoms with Gasteiger partial charge in [0.05, 0.1) is 24.2 Å². The van der Waals surface area contributed by atoms with Crippen molar-refractivity contribution in [3.63, 3.8) is 0 Å². The van der Waals surface area contributed by atoms with Gasteiger partial charge in [-0.1, -0.05) is 30.3 Å². The van der Waals surface area contributed by atoms with Crippen LogP contribution in [0.4, 0.5) is 0 Å². The Morgan fingerprint density at radius 2 is 1.96 bits per heavy atom. The molecule has 6 nitrogen and oxygen atoms in total. The maximum Gasteiger partial charge on any atom is 0.272 e. The molecule has 0 aliphatic rings. The molecule has 0 saturated heterocycles. The lowest BCUT2D eigenvalue weighted by Crippen LogP contribution is -2.27. The van der Waals surface area contributed by atoms with Gasteiger partial charge in [-0.15, -0.1) is 0 Å². The Hall–Kier alpha value is -2.99. The molecule has 1 heterocycles. The minimum Gasteiger partial charge on any atom is -0.383 e. The first kappa shape index (κ1) is 17.8. The smallest absolute Gasteiger partial charge is 0.272 e. The number of hydrogen-bond donors (Lipinski definition) is 1. The van der Waals surface area contributed by atoms with Crippen LogP contribution in [0.25, 0.3) is 11.0 Å². The van der Waals surface area contributed by atoms with Crippen LogP contribution in [0, 0.1) is 6.92 Å². The number of carbonyl (C=O) groups excluding carboxylic acids is 1. The largest absolute Gasteiger partial charge is 0.383 e. The molecular weight excluding hydrogens is 330 g/mol. The van der Waals surface area contributed by atoms with Crippen molar-refractivity contribution in [2.45, 2.75) is 13.5 Å². The average molecular weight is 351 g/mol. The highest BCUT2D eigenvalue weighted by Gasteiger charge is 2.12. The molecule has 2 aromatic carbocycles. The Morgan fingerprint density at radius 3 is 2.69 bits per heavy atom. The van der Waals surface area contributed by atoms with Gasteiger partial charge in [0.15, 0.2) is 0 Å². The summed E-state index contributed by atoms with van der Waals surface area (Å²) in [4.78, 5) is 29.2. The van der Waals surface area contributed by atoms with E-state index in [-0.39, 0.29) is 11.5 Å². The molecule has 0 unspecified atom stereocenters. The van der Waals surface area contributed by atoms with Crippen LogP contribution in [0.2, 0.25) is 0 Å². The van der Waals surface area contributed by atoms with Crippen molar-refractivity contribution in [3.05, 3.63) is 75.7 Å². The first-order valence-corrected chi connectivity index (χ1v) is 8.42. The van der Waals surface area contributed by atoms with Crippen LogP contribution in [0.3, 0.4) is 0 Å². The summed E-state index contributed by atoms with van der Waals surface area (Å²) in [5.41, 5.74) is 3.15. The number of aryl methyl sites for hydroxylation is 1. The first-order chi connectivity index (χ1) is 12.6. The number of benzene rings is 2. The number of carbonyl (C=O) groups is 1. The van der Waals surface area contributed by atoms with Crippen molar-refractivity contribution in [2.75, 3.05) is 20.3 Å². The van der Waals surface area contributed by atoms with Crippen molar-refractivity contribution in [3.8, 4) is 0 Å². The monoisotopic (exact) mass is 351 g/mol. The van der Waals surface area contributed by atoms with E-state index in [0.29, 0.717) is 42.0 Å². The van der Waals surface area contributed by atoms with Gasteiger partial charge in [-0.2, -0.15) is 0 Å². The summed E-state index contributed by atoms with van der Waals surface area (Å²) in [5.74, 6) is -0.191. The highest BCUT2D eigenvalue weighted by Crippen LogP contribution is 2.15. The van der Waals surface area contributed by atoms with Gasteiger partial charge in [-0.25, -0.2) is 4.98 Å². The van der Waals surface area contributed by atoms with Gasteiger partial charge in [-0.05, 0) is 30.7 Å². The second-order valence-corrected chi connectivity index (χ2v) is 6.03. The van der Waals surface area contributed by atoms with Crippen LogP contribution >= 0.6 is 0 Å². The zero-order chi connectivity index (χ0) is 18.5. The summed E-state index contributed by atoms with van der Waals surface area (Å²) in [7, 11) is 1.58. The highest BCUT2D eigenvalue weighted by molar-refractivity contribution is 5.97. The Balaban J connectivity index is 1.99. The van der Waals surface area contributed by atoms with Crippen LogP contribution in [0.5, 0.6) is 0 Å². The van der Waals surface area contributed by atoms with E-state index in [0.717, 1.165) is 5.56 Å². The molecule has 0 spiro atoms. The Kier molecular flexibility index (Phi) is 5.43. The Morgan fingerprint density at radius 1 is 1.19 bits per heavy atom. The second kappa shape index (κ2) is 7.93. The summed E-state index contributed by atoms with van der Waals surface area (Å²) < 4.78 is 6.63. The molecule has 0 atom stereocenters. The molecule has 3 rings (SSSR count). The van der Waals surface area contributed by atoms with Crippen LogP contribution in [0.1, 0.15) is 21.6 Å². The van der Waals surface area contributed by atoms with Crippen molar-refractivity contribution in [1.82, 2.24) is 14.9 Å². The number of nitrogens with zero attached hydrogens (tertiary/aromatic N) is 2. The summed E-state index contributed by atoms with van der Waals surface area (Å²) in [6.45, 7) is 3.04. The van der Waals surface area contributed by atoms with E-state index in [4.69, 9.17) is 4.74 Å². The van der Waals surface area contributed by atoms with Crippen LogP contribution in [-0.2, 0) is 11.3 Å². The predicted molar refractivity (Wildman–Crippen MR) is 100 cm³/mol. The highest BCUT2D eigenvalue weighted by atomic mass is 16.5. The minimum absolute atomic E-state index is 0.126. The van der Waals surface area contributed by atoms with Gasteiger partial charge >= 0.3 is 0 Å². The molecule has 1 N–H and O–H groups in total. The molecule has 1 aromatic heterocycles. The average Bonchev–Trinajstić information content (AvgIpc) is 2.66. The third-order valence-corrected chi connectivity index (χ3v) is 4.15. The molecule has 26 heavy (non-hydrogen) atoms. The predicted octanol–water partition coefficient (Wildman–Crippen LogP) is 2.13. The van der Waals surface area contributed by atoms with Gasteiger partial charge in [0.1, 0.15) is 5.69 Å². The molecule has 0 fully saturated rings. The molecule has 0 radical (unpaired) electrons. The zero-order valence-corrected chi connectivity index (χ0v) is 14.9. The molecule has 134 valence electrons. The Labute approximate surface area is 151 Å². The van der Waals surface area contributed by atoms with E-state index in [2.05, 4.69) is 10.3 Å². The number of aromatic nitrogens is 2. The van der Waals surface area contributed by atoms with Crippen LogP contribution < -0.4 is 10.9 Å².